The SMILES string of the molecule is CC(C)Cc1nn(-c2ccc(F)cc2F)c(Cl)c1C#N. The van der Waals surface area contributed by atoms with Crippen LogP contribution in [0.3, 0.4) is 0 Å². The van der Waals surface area contributed by atoms with Crippen LogP contribution in [0.4, 0.5) is 8.78 Å². The average Bonchev–Trinajstić information content (AvgIpc) is 2.65. The summed E-state index contributed by atoms with van der Waals surface area (Å²) in [4.78, 5) is 0. The van der Waals surface area contributed by atoms with Crippen molar-refractivity contribution < 1.29 is 8.78 Å². The summed E-state index contributed by atoms with van der Waals surface area (Å²) in [6.07, 6.45) is 0.554. The summed E-state index contributed by atoms with van der Waals surface area (Å²) in [5.41, 5.74) is 0.753. The highest BCUT2D eigenvalue weighted by atomic mass is 35.5. The monoisotopic (exact) mass is 295 g/mol. The average molecular weight is 296 g/mol. The van der Waals surface area contributed by atoms with Crippen LogP contribution in [0.25, 0.3) is 5.69 Å². The second-order valence-corrected chi connectivity index (χ2v) is 5.19. The van der Waals surface area contributed by atoms with E-state index >= 15 is 0 Å². The smallest absolute Gasteiger partial charge is 0.151 e. The minimum absolute atomic E-state index is 0.0166. The van der Waals surface area contributed by atoms with Crippen molar-refractivity contribution in [3.8, 4) is 11.8 Å². The number of halogens is 3. The molecular formula is C14H12ClF2N3. The molecule has 1 heterocycles. The first-order valence-corrected chi connectivity index (χ1v) is 6.44. The lowest BCUT2D eigenvalue weighted by Gasteiger charge is -2.04. The van der Waals surface area contributed by atoms with Crippen molar-refractivity contribution in [3.63, 3.8) is 0 Å². The minimum atomic E-state index is -0.782. The van der Waals surface area contributed by atoms with E-state index in [0.29, 0.717) is 12.1 Å². The van der Waals surface area contributed by atoms with Crippen molar-refractivity contribution in [3.05, 3.63) is 46.2 Å². The van der Waals surface area contributed by atoms with E-state index in [1.807, 2.05) is 19.9 Å². The zero-order valence-electron chi connectivity index (χ0n) is 11.0. The van der Waals surface area contributed by atoms with Gasteiger partial charge in [-0.05, 0) is 24.5 Å². The van der Waals surface area contributed by atoms with Gasteiger partial charge in [0.25, 0.3) is 0 Å². The molecule has 0 fully saturated rings. The van der Waals surface area contributed by atoms with E-state index in [1.54, 1.807) is 0 Å². The maximum absolute atomic E-state index is 13.8. The van der Waals surface area contributed by atoms with Gasteiger partial charge in [-0.25, -0.2) is 13.5 Å². The Morgan fingerprint density at radius 1 is 1.40 bits per heavy atom. The highest BCUT2D eigenvalue weighted by Gasteiger charge is 2.20. The lowest BCUT2D eigenvalue weighted by molar-refractivity contribution is 0.571. The van der Waals surface area contributed by atoms with Gasteiger partial charge in [-0.2, -0.15) is 10.4 Å². The zero-order valence-corrected chi connectivity index (χ0v) is 11.7. The van der Waals surface area contributed by atoms with Gasteiger partial charge in [0.2, 0.25) is 0 Å². The lowest BCUT2D eigenvalue weighted by atomic mass is 10.1. The van der Waals surface area contributed by atoms with Gasteiger partial charge < -0.3 is 0 Å². The normalized spacial score (nSPS) is 10.8. The Hall–Kier alpha value is -1.93. The molecule has 1 aromatic carbocycles. The highest BCUT2D eigenvalue weighted by Crippen LogP contribution is 2.26. The van der Waals surface area contributed by atoms with E-state index in [2.05, 4.69) is 5.10 Å². The molecule has 0 aliphatic heterocycles. The van der Waals surface area contributed by atoms with E-state index in [0.717, 1.165) is 16.8 Å². The van der Waals surface area contributed by atoms with Crippen molar-refractivity contribution in [1.82, 2.24) is 9.78 Å². The maximum Gasteiger partial charge on any atom is 0.151 e. The van der Waals surface area contributed by atoms with Gasteiger partial charge in [-0.15, -0.1) is 0 Å². The van der Waals surface area contributed by atoms with Crippen molar-refractivity contribution in [2.45, 2.75) is 20.3 Å². The Labute approximate surface area is 120 Å². The van der Waals surface area contributed by atoms with E-state index in [9.17, 15) is 8.78 Å². The summed E-state index contributed by atoms with van der Waals surface area (Å²) in [7, 11) is 0. The van der Waals surface area contributed by atoms with Crippen LogP contribution in [-0.2, 0) is 6.42 Å². The molecule has 0 atom stereocenters. The molecule has 1 aromatic heterocycles. The van der Waals surface area contributed by atoms with Crippen molar-refractivity contribution in [2.24, 2.45) is 5.92 Å². The van der Waals surface area contributed by atoms with Gasteiger partial charge in [0.1, 0.15) is 23.1 Å². The standard InChI is InChI=1S/C14H12ClF2N3/c1-8(2)5-12-10(7-18)14(15)20(19-12)13-4-3-9(16)6-11(13)17/h3-4,6,8H,5H2,1-2H3. The summed E-state index contributed by atoms with van der Waals surface area (Å²) in [5.74, 6) is -1.19. The number of hydrogen-bond acceptors (Lipinski definition) is 2. The number of nitrogens with zero attached hydrogens (tertiary/aromatic N) is 3. The summed E-state index contributed by atoms with van der Waals surface area (Å²) in [5, 5.41) is 13.4. The fraction of sp³-hybridized carbons (Fsp3) is 0.286. The van der Waals surface area contributed by atoms with Crippen molar-refractivity contribution in [2.75, 3.05) is 0 Å². The number of benzene rings is 1. The fourth-order valence-electron chi connectivity index (χ4n) is 1.89. The Kier molecular flexibility index (Phi) is 4.05. The zero-order chi connectivity index (χ0) is 14.9. The van der Waals surface area contributed by atoms with Crippen LogP contribution in [0.5, 0.6) is 0 Å². The Morgan fingerprint density at radius 3 is 2.65 bits per heavy atom. The molecule has 0 saturated carbocycles. The van der Waals surface area contributed by atoms with E-state index < -0.39 is 11.6 Å². The third kappa shape index (κ3) is 2.66. The molecule has 0 amide bonds. The molecule has 2 aromatic rings. The quantitative estimate of drug-likeness (QED) is 0.862. The molecule has 20 heavy (non-hydrogen) atoms. The molecule has 3 nitrogen and oxygen atoms in total. The second-order valence-electron chi connectivity index (χ2n) is 4.83. The Balaban J connectivity index is 2.58. The summed E-state index contributed by atoms with van der Waals surface area (Å²) in [6.45, 7) is 3.96. The largest absolute Gasteiger partial charge is 0.218 e. The van der Waals surface area contributed by atoms with E-state index in [4.69, 9.17) is 16.9 Å². The molecule has 0 N–H and O–H groups in total. The molecule has 0 spiro atoms. The van der Waals surface area contributed by atoms with Crippen molar-refractivity contribution >= 4 is 11.6 Å². The molecule has 0 aliphatic rings. The van der Waals surface area contributed by atoms with Gasteiger partial charge in [-0.3, -0.25) is 0 Å². The summed E-state index contributed by atoms with van der Waals surface area (Å²) < 4.78 is 27.8. The van der Waals surface area contributed by atoms with E-state index in [-0.39, 0.29) is 22.3 Å². The molecule has 6 heteroatoms. The van der Waals surface area contributed by atoms with Gasteiger partial charge in [0, 0.05) is 6.07 Å². The van der Waals surface area contributed by atoms with Crippen LogP contribution in [0.1, 0.15) is 25.1 Å². The predicted molar refractivity (Wildman–Crippen MR) is 71.7 cm³/mol. The molecule has 2 rings (SSSR count). The first-order chi connectivity index (χ1) is 9.43. The maximum atomic E-state index is 13.8. The molecule has 0 aliphatic carbocycles. The van der Waals surface area contributed by atoms with Crippen LogP contribution in [0.2, 0.25) is 5.15 Å². The number of hydrogen-bond donors (Lipinski definition) is 0. The van der Waals surface area contributed by atoms with Gasteiger partial charge in [0.05, 0.1) is 5.69 Å². The molecule has 0 radical (unpaired) electrons. The van der Waals surface area contributed by atoms with Crippen LogP contribution in [-0.4, -0.2) is 9.78 Å². The first-order valence-electron chi connectivity index (χ1n) is 6.07. The van der Waals surface area contributed by atoms with Crippen LogP contribution in [0, 0.1) is 28.9 Å². The van der Waals surface area contributed by atoms with Crippen molar-refractivity contribution in [1.29, 1.82) is 5.26 Å². The molecule has 0 bridgehead atoms. The van der Waals surface area contributed by atoms with Gasteiger partial charge in [-0.1, -0.05) is 25.4 Å². The van der Waals surface area contributed by atoms with Gasteiger partial charge in [0.15, 0.2) is 11.0 Å². The highest BCUT2D eigenvalue weighted by molar-refractivity contribution is 6.31. The number of nitriles is 1. The van der Waals surface area contributed by atoms with E-state index in [1.165, 1.54) is 6.07 Å². The third-order valence-corrected chi connectivity index (χ3v) is 3.10. The fourth-order valence-corrected chi connectivity index (χ4v) is 2.17. The summed E-state index contributed by atoms with van der Waals surface area (Å²) in [6, 6.07) is 5.09. The third-order valence-electron chi connectivity index (χ3n) is 2.75. The molecule has 104 valence electrons. The summed E-state index contributed by atoms with van der Waals surface area (Å²) >= 11 is 6.08. The lowest BCUT2D eigenvalue weighted by Crippen LogP contribution is -2.02. The second kappa shape index (κ2) is 5.59. The predicted octanol–water partition coefficient (Wildman–Crippen LogP) is 3.87. The molecule has 0 unspecified atom stereocenters. The molecule has 0 saturated heterocycles. The topological polar surface area (TPSA) is 41.6 Å². The minimum Gasteiger partial charge on any atom is -0.218 e. The first kappa shape index (κ1) is 14.5. The Morgan fingerprint density at radius 2 is 2.10 bits per heavy atom. The van der Waals surface area contributed by atoms with Crippen LogP contribution < -0.4 is 0 Å². The van der Waals surface area contributed by atoms with Gasteiger partial charge >= 0.3 is 0 Å². The van der Waals surface area contributed by atoms with Crippen LogP contribution in [0.15, 0.2) is 18.2 Å². The number of rotatable bonds is 3. The van der Waals surface area contributed by atoms with Crippen LogP contribution >= 0.6 is 11.6 Å². The molecular weight excluding hydrogens is 284 g/mol. The Bertz CT molecular complexity index is 686. The number of aromatic nitrogens is 2.